The van der Waals surface area contributed by atoms with Crippen molar-refractivity contribution in [2.45, 2.75) is 26.3 Å². The SMILES string of the molecule is COc1ccc(CN2CCC[C@]3(COCCN(c4nnc(C)o4)C3)C2)cc1. The topological polar surface area (TPSA) is 63.9 Å². The molecule has 146 valence electrons. The van der Waals surface area contributed by atoms with Gasteiger partial charge in [-0.25, -0.2) is 0 Å². The second kappa shape index (κ2) is 7.86. The zero-order valence-electron chi connectivity index (χ0n) is 16.2. The Bertz CT molecular complexity index is 748. The van der Waals surface area contributed by atoms with Gasteiger partial charge in [-0.2, -0.15) is 0 Å². The summed E-state index contributed by atoms with van der Waals surface area (Å²) in [5.41, 5.74) is 1.41. The van der Waals surface area contributed by atoms with E-state index in [1.165, 1.54) is 12.0 Å². The van der Waals surface area contributed by atoms with Crippen molar-refractivity contribution in [2.24, 2.45) is 5.41 Å². The predicted molar refractivity (Wildman–Crippen MR) is 102 cm³/mol. The number of piperidine rings is 1. The van der Waals surface area contributed by atoms with Gasteiger partial charge >= 0.3 is 6.01 Å². The summed E-state index contributed by atoms with van der Waals surface area (Å²) in [6.45, 7) is 8.09. The number of aryl methyl sites for hydroxylation is 1. The molecule has 0 N–H and O–H groups in total. The van der Waals surface area contributed by atoms with Crippen LogP contribution in [0.4, 0.5) is 6.01 Å². The van der Waals surface area contributed by atoms with E-state index >= 15 is 0 Å². The lowest BCUT2D eigenvalue weighted by molar-refractivity contribution is 0.0105. The van der Waals surface area contributed by atoms with Crippen molar-refractivity contribution in [1.29, 1.82) is 0 Å². The average Bonchev–Trinajstić information content (AvgIpc) is 3.01. The van der Waals surface area contributed by atoms with Crippen molar-refractivity contribution in [3.05, 3.63) is 35.7 Å². The minimum absolute atomic E-state index is 0.101. The fraction of sp³-hybridized carbons (Fsp3) is 0.600. The Hall–Kier alpha value is -2.12. The molecule has 7 nitrogen and oxygen atoms in total. The van der Waals surface area contributed by atoms with Crippen LogP contribution >= 0.6 is 0 Å². The molecular weight excluding hydrogens is 344 g/mol. The first-order valence-electron chi connectivity index (χ1n) is 9.64. The highest BCUT2D eigenvalue weighted by atomic mass is 16.5. The van der Waals surface area contributed by atoms with Crippen LogP contribution < -0.4 is 9.64 Å². The first-order valence-corrected chi connectivity index (χ1v) is 9.64. The van der Waals surface area contributed by atoms with E-state index in [-0.39, 0.29) is 5.41 Å². The van der Waals surface area contributed by atoms with Gasteiger partial charge in [0.2, 0.25) is 5.89 Å². The van der Waals surface area contributed by atoms with Gasteiger partial charge in [-0.05, 0) is 37.1 Å². The molecule has 0 bridgehead atoms. The van der Waals surface area contributed by atoms with E-state index < -0.39 is 0 Å². The first-order chi connectivity index (χ1) is 13.2. The number of hydrogen-bond acceptors (Lipinski definition) is 7. The Labute approximate surface area is 160 Å². The fourth-order valence-corrected chi connectivity index (χ4v) is 4.25. The Morgan fingerprint density at radius 2 is 2.00 bits per heavy atom. The van der Waals surface area contributed by atoms with Crippen molar-refractivity contribution >= 4 is 6.01 Å². The van der Waals surface area contributed by atoms with Crippen LogP contribution in [0.25, 0.3) is 0 Å². The Morgan fingerprint density at radius 3 is 2.74 bits per heavy atom. The molecule has 3 heterocycles. The van der Waals surface area contributed by atoms with Gasteiger partial charge in [0.1, 0.15) is 5.75 Å². The molecule has 2 aliphatic rings. The van der Waals surface area contributed by atoms with E-state index in [4.69, 9.17) is 13.9 Å². The van der Waals surface area contributed by atoms with Crippen LogP contribution in [0.3, 0.4) is 0 Å². The maximum Gasteiger partial charge on any atom is 0.318 e. The number of ether oxygens (including phenoxy) is 2. The zero-order chi connectivity index (χ0) is 18.7. The molecule has 2 aliphatic heterocycles. The third kappa shape index (κ3) is 4.25. The summed E-state index contributed by atoms with van der Waals surface area (Å²) in [5.74, 6) is 1.51. The number of hydrogen-bond donors (Lipinski definition) is 0. The highest BCUT2D eigenvalue weighted by Crippen LogP contribution is 2.35. The summed E-state index contributed by atoms with van der Waals surface area (Å²) in [4.78, 5) is 4.74. The highest BCUT2D eigenvalue weighted by Gasteiger charge is 2.40. The van der Waals surface area contributed by atoms with E-state index in [2.05, 4.69) is 32.1 Å². The summed E-state index contributed by atoms with van der Waals surface area (Å²) < 4.78 is 16.9. The maximum atomic E-state index is 6.00. The molecule has 2 aromatic rings. The predicted octanol–water partition coefficient (Wildman–Crippen LogP) is 2.51. The molecule has 1 atom stereocenters. The van der Waals surface area contributed by atoms with Crippen LogP contribution in [-0.4, -0.2) is 61.6 Å². The van der Waals surface area contributed by atoms with Gasteiger partial charge in [-0.1, -0.05) is 17.2 Å². The third-order valence-electron chi connectivity index (χ3n) is 5.53. The molecule has 2 saturated heterocycles. The molecule has 7 heteroatoms. The van der Waals surface area contributed by atoms with Gasteiger partial charge in [0.15, 0.2) is 0 Å². The summed E-state index contributed by atoms with van der Waals surface area (Å²) in [5, 5.41) is 8.21. The Morgan fingerprint density at radius 1 is 1.15 bits per heavy atom. The van der Waals surface area contributed by atoms with E-state index in [1.54, 1.807) is 7.11 Å². The molecule has 0 saturated carbocycles. The van der Waals surface area contributed by atoms with Crippen LogP contribution in [0.2, 0.25) is 0 Å². The maximum absolute atomic E-state index is 6.00. The summed E-state index contributed by atoms with van der Waals surface area (Å²) in [6.07, 6.45) is 2.34. The molecule has 0 unspecified atom stereocenters. The number of anilines is 1. The van der Waals surface area contributed by atoms with E-state index in [0.29, 0.717) is 18.5 Å². The van der Waals surface area contributed by atoms with Crippen LogP contribution in [-0.2, 0) is 11.3 Å². The fourth-order valence-electron chi connectivity index (χ4n) is 4.25. The quantitative estimate of drug-likeness (QED) is 0.817. The molecule has 4 rings (SSSR count). The number of methoxy groups -OCH3 is 1. The lowest BCUT2D eigenvalue weighted by Gasteiger charge is -2.43. The van der Waals surface area contributed by atoms with Gasteiger partial charge < -0.3 is 18.8 Å². The average molecular weight is 372 g/mol. The number of rotatable bonds is 4. The standard InChI is InChI=1S/C20H28N4O3/c1-16-21-22-19(27-16)24-10-11-26-15-20(14-24)8-3-9-23(13-20)12-17-4-6-18(25-2)7-5-17/h4-7H,3,8-15H2,1-2H3/t20-/m0/s1. The van der Waals surface area contributed by atoms with Gasteiger partial charge in [0.25, 0.3) is 0 Å². The van der Waals surface area contributed by atoms with Crippen LogP contribution in [0.15, 0.2) is 28.7 Å². The van der Waals surface area contributed by atoms with E-state index in [9.17, 15) is 0 Å². The molecule has 0 aliphatic carbocycles. The summed E-state index contributed by atoms with van der Waals surface area (Å²) >= 11 is 0. The van der Waals surface area contributed by atoms with E-state index in [1.807, 2.05) is 19.1 Å². The van der Waals surface area contributed by atoms with Crippen molar-refractivity contribution in [3.63, 3.8) is 0 Å². The molecule has 1 aromatic carbocycles. The van der Waals surface area contributed by atoms with Gasteiger partial charge in [-0.15, -0.1) is 5.10 Å². The van der Waals surface area contributed by atoms with Crippen molar-refractivity contribution in [3.8, 4) is 5.75 Å². The Balaban J connectivity index is 1.46. The number of nitrogens with zero attached hydrogens (tertiary/aromatic N) is 4. The first kappa shape index (κ1) is 18.3. The molecule has 1 spiro atoms. The molecule has 0 amide bonds. The lowest BCUT2D eigenvalue weighted by Crippen LogP contribution is -2.50. The molecule has 0 radical (unpaired) electrons. The van der Waals surface area contributed by atoms with Crippen molar-refractivity contribution in [2.75, 3.05) is 51.4 Å². The molecule has 2 fully saturated rings. The Kier molecular flexibility index (Phi) is 5.31. The lowest BCUT2D eigenvalue weighted by atomic mass is 9.80. The molecular formula is C20H28N4O3. The summed E-state index contributed by atoms with van der Waals surface area (Å²) in [6, 6.07) is 8.98. The van der Waals surface area contributed by atoms with Crippen LogP contribution in [0.1, 0.15) is 24.3 Å². The largest absolute Gasteiger partial charge is 0.497 e. The number of likely N-dealkylation sites (tertiary alicyclic amines) is 1. The monoisotopic (exact) mass is 372 g/mol. The molecule has 27 heavy (non-hydrogen) atoms. The number of aromatic nitrogens is 2. The highest BCUT2D eigenvalue weighted by molar-refractivity contribution is 5.28. The molecule has 1 aromatic heterocycles. The minimum atomic E-state index is 0.101. The number of benzene rings is 1. The van der Waals surface area contributed by atoms with E-state index in [0.717, 1.165) is 51.5 Å². The second-order valence-electron chi connectivity index (χ2n) is 7.74. The third-order valence-corrected chi connectivity index (χ3v) is 5.53. The van der Waals surface area contributed by atoms with Gasteiger partial charge in [0, 0.05) is 38.5 Å². The normalized spacial score (nSPS) is 24.1. The zero-order valence-corrected chi connectivity index (χ0v) is 16.2. The van der Waals surface area contributed by atoms with Gasteiger partial charge in [-0.3, -0.25) is 4.90 Å². The van der Waals surface area contributed by atoms with Crippen LogP contribution in [0.5, 0.6) is 5.75 Å². The van der Waals surface area contributed by atoms with Crippen LogP contribution in [0, 0.1) is 12.3 Å². The van der Waals surface area contributed by atoms with Crippen molar-refractivity contribution < 1.29 is 13.9 Å². The second-order valence-corrected chi connectivity index (χ2v) is 7.74. The van der Waals surface area contributed by atoms with Crippen molar-refractivity contribution in [1.82, 2.24) is 15.1 Å². The smallest absolute Gasteiger partial charge is 0.318 e. The summed E-state index contributed by atoms with van der Waals surface area (Å²) in [7, 11) is 1.70. The minimum Gasteiger partial charge on any atom is -0.497 e. The van der Waals surface area contributed by atoms with Gasteiger partial charge in [0.05, 0.1) is 20.3 Å².